The van der Waals surface area contributed by atoms with E-state index in [1.54, 1.807) is 12.1 Å². The zero-order valence-electron chi connectivity index (χ0n) is 11.5. The van der Waals surface area contributed by atoms with E-state index in [-0.39, 0.29) is 11.3 Å². The van der Waals surface area contributed by atoms with Crippen LogP contribution < -0.4 is 0 Å². The Hall–Kier alpha value is -1.68. The van der Waals surface area contributed by atoms with Crippen LogP contribution in [0.4, 0.5) is 5.69 Å². The van der Waals surface area contributed by atoms with Gasteiger partial charge in [-0.05, 0) is 42.5 Å². The monoisotopic (exact) mass is 295 g/mol. The molecule has 1 aromatic carbocycles. The lowest BCUT2D eigenvalue weighted by Crippen LogP contribution is -2.04. The predicted octanol–water partition coefficient (Wildman–Crippen LogP) is 4.44. The summed E-state index contributed by atoms with van der Waals surface area (Å²) in [5, 5.41) is 10.5. The van der Waals surface area contributed by atoms with Gasteiger partial charge in [0.25, 0.3) is 10.9 Å². The maximum absolute atomic E-state index is 11.4. The number of halogens is 1. The minimum absolute atomic E-state index is 0.0297. The average Bonchev–Trinajstić information content (AvgIpc) is 2.38. The van der Waals surface area contributed by atoms with Crippen molar-refractivity contribution >= 4 is 22.5 Å². The summed E-state index contributed by atoms with van der Waals surface area (Å²) in [6, 6.07) is 3.00. The molecule has 0 saturated carbocycles. The van der Waals surface area contributed by atoms with E-state index in [4.69, 9.17) is 11.6 Å². The third kappa shape index (κ3) is 4.17. The molecule has 1 aromatic rings. The van der Waals surface area contributed by atoms with Crippen molar-refractivity contribution in [3.05, 3.63) is 51.6 Å². The Labute approximate surface area is 123 Å². The molecule has 0 bridgehead atoms. The number of benzene rings is 1. The van der Waals surface area contributed by atoms with Crippen LogP contribution in [0.2, 0.25) is 0 Å². The van der Waals surface area contributed by atoms with Crippen molar-refractivity contribution in [3.63, 3.8) is 0 Å². The molecule has 0 aliphatic carbocycles. The number of carbonyl (C=O) groups is 1. The highest BCUT2D eigenvalue weighted by Crippen LogP contribution is 2.27. The van der Waals surface area contributed by atoms with Gasteiger partial charge in [0.2, 0.25) is 0 Å². The standard InChI is InChI=1S/C15H18ClNO3/c1-3-5-6-8-12-9-11(7-4-2)13(15(16)18)10-14(12)17(19)20/h4,9-10H,2-3,5-8H2,1H3. The number of nitrogens with zero attached hydrogens (tertiary/aromatic N) is 1. The van der Waals surface area contributed by atoms with Crippen LogP contribution in [0.3, 0.4) is 0 Å². The van der Waals surface area contributed by atoms with Gasteiger partial charge in [-0.3, -0.25) is 14.9 Å². The summed E-state index contributed by atoms with van der Waals surface area (Å²) in [5.74, 6) is 0. The van der Waals surface area contributed by atoms with Crippen molar-refractivity contribution in [2.75, 3.05) is 0 Å². The average molecular weight is 296 g/mol. The maximum Gasteiger partial charge on any atom is 0.273 e. The fourth-order valence-corrected chi connectivity index (χ4v) is 2.30. The second-order valence-corrected chi connectivity index (χ2v) is 4.96. The molecule has 0 amide bonds. The van der Waals surface area contributed by atoms with Gasteiger partial charge in [0.05, 0.1) is 4.92 Å². The number of hydrogen-bond donors (Lipinski definition) is 0. The molecule has 5 heteroatoms. The highest BCUT2D eigenvalue weighted by atomic mass is 35.5. The van der Waals surface area contributed by atoms with Gasteiger partial charge in [-0.15, -0.1) is 6.58 Å². The van der Waals surface area contributed by atoms with Gasteiger partial charge in [-0.25, -0.2) is 0 Å². The summed E-state index contributed by atoms with van der Waals surface area (Å²) in [4.78, 5) is 22.1. The molecular weight excluding hydrogens is 278 g/mol. The zero-order valence-corrected chi connectivity index (χ0v) is 12.3. The van der Waals surface area contributed by atoms with Crippen LogP contribution in [-0.2, 0) is 12.8 Å². The fourth-order valence-electron chi connectivity index (χ4n) is 2.13. The lowest BCUT2D eigenvalue weighted by atomic mass is 9.97. The molecule has 1 rings (SSSR count). The van der Waals surface area contributed by atoms with Crippen molar-refractivity contribution in [1.82, 2.24) is 0 Å². The minimum atomic E-state index is -0.676. The first-order chi connectivity index (χ1) is 9.51. The van der Waals surface area contributed by atoms with Crippen molar-refractivity contribution in [3.8, 4) is 0 Å². The third-order valence-electron chi connectivity index (χ3n) is 3.13. The van der Waals surface area contributed by atoms with Gasteiger partial charge in [0.15, 0.2) is 0 Å². The first-order valence-corrected chi connectivity index (χ1v) is 7.00. The van der Waals surface area contributed by atoms with Gasteiger partial charge in [-0.1, -0.05) is 25.8 Å². The lowest BCUT2D eigenvalue weighted by molar-refractivity contribution is -0.385. The molecule has 0 aliphatic rings. The van der Waals surface area contributed by atoms with E-state index < -0.39 is 10.2 Å². The van der Waals surface area contributed by atoms with Gasteiger partial charge in [-0.2, -0.15) is 0 Å². The topological polar surface area (TPSA) is 60.2 Å². The molecule has 0 fully saturated rings. The molecule has 0 radical (unpaired) electrons. The number of rotatable bonds is 8. The molecule has 0 aromatic heterocycles. The van der Waals surface area contributed by atoms with Crippen molar-refractivity contribution in [1.29, 1.82) is 0 Å². The first-order valence-electron chi connectivity index (χ1n) is 6.62. The van der Waals surface area contributed by atoms with Crippen molar-refractivity contribution in [2.24, 2.45) is 0 Å². The highest BCUT2D eigenvalue weighted by molar-refractivity contribution is 6.68. The fraction of sp³-hybridized carbons (Fsp3) is 0.400. The van der Waals surface area contributed by atoms with Crippen LogP contribution >= 0.6 is 11.6 Å². The van der Waals surface area contributed by atoms with E-state index in [9.17, 15) is 14.9 Å². The summed E-state index contributed by atoms with van der Waals surface area (Å²) >= 11 is 5.50. The molecule has 0 unspecified atom stereocenters. The molecule has 0 N–H and O–H groups in total. The summed E-state index contributed by atoms with van der Waals surface area (Å²) < 4.78 is 0. The number of nitro groups is 1. The summed E-state index contributed by atoms with van der Waals surface area (Å²) in [5.41, 5.74) is 1.51. The number of carbonyl (C=O) groups excluding carboxylic acids is 1. The molecule has 0 atom stereocenters. The van der Waals surface area contributed by atoms with E-state index in [1.807, 2.05) is 0 Å². The van der Waals surface area contributed by atoms with Crippen molar-refractivity contribution in [2.45, 2.75) is 39.0 Å². The molecule has 4 nitrogen and oxygen atoms in total. The Balaban J connectivity index is 3.25. The quantitative estimate of drug-likeness (QED) is 0.234. The molecule has 108 valence electrons. The summed E-state index contributed by atoms with van der Waals surface area (Å²) in [6.07, 6.45) is 5.70. The number of allylic oxidation sites excluding steroid dienone is 1. The van der Waals surface area contributed by atoms with Crippen LogP contribution in [0, 0.1) is 10.1 Å². The number of unbranched alkanes of at least 4 members (excludes halogenated alkanes) is 2. The second-order valence-electron chi connectivity index (χ2n) is 4.62. The SMILES string of the molecule is C=CCc1cc(CCCCC)c([N+](=O)[O-])cc1C(=O)Cl. The van der Waals surface area contributed by atoms with Crippen LogP contribution in [-0.4, -0.2) is 10.2 Å². The molecule has 0 saturated heterocycles. The smallest absolute Gasteiger partial charge is 0.273 e. The highest BCUT2D eigenvalue weighted by Gasteiger charge is 2.20. The molecule has 0 heterocycles. The van der Waals surface area contributed by atoms with Crippen LogP contribution in [0.1, 0.15) is 47.7 Å². The Morgan fingerprint density at radius 3 is 2.60 bits per heavy atom. The second kappa shape index (κ2) is 7.80. The Morgan fingerprint density at radius 1 is 1.40 bits per heavy atom. The van der Waals surface area contributed by atoms with E-state index in [0.29, 0.717) is 24.0 Å². The number of hydrogen-bond acceptors (Lipinski definition) is 3. The number of aryl methyl sites for hydroxylation is 1. The molecule has 20 heavy (non-hydrogen) atoms. The Bertz CT molecular complexity index is 526. The van der Waals surface area contributed by atoms with E-state index >= 15 is 0 Å². The maximum atomic E-state index is 11.4. The third-order valence-corrected chi connectivity index (χ3v) is 3.33. The number of nitro benzene ring substituents is 1. The van der Waals surface area contributed by atoms with E-state index in [2.05, 4.69) is 13.5 Å². The summed E-state index contributed by atoms with van der Waals surface area (Å²) in [6.45, 7) is 5.71. The zero-order chi connectivity index (χ0) is 15.1. The molecule has 0 spiro atoms. The summed E-state index contributed by atoms with van der Waals surface area (Å²) in [7, 11) is 0. The molecular formula is C15H18ClNO3. The van der Waals surface area contributed by atoms with Gasteiger partial charge >= 0.3 is 0 Å². The predicted molar refractivity (Wildman–Crippen MR) is 80.4 cm³/mol. The van der Waals surface area contributed by atoms with Crippen LogP contribution in [0.15, 0.2) is 24.8 Å². The molecule has 0 aliphatic heterocycles. The van der Waals surface area contributed by atoms with Gasteiger partial charge in [0, 0.05) is 17.2 Å². The normalized spacial score (nSPS) is 10.3. The van der Waals surface area contributed by atoms with Gasteiger partial charge < -0.3 is 0 Å². The minimum Gasteiger partial charge on any atom is -0.276 e. The van der Waals surface area contributed by atoms with E-state index in [1.165, 1.54) is 6.07 Å². The van der Waals surface area contributed by atoms with Gasteiger partial charge in [0.1, 0.15) is 0 Å². The van der Waals surface area contributed by atoms with E-state index in [0.717, 1.165) is 19.3 Å². The largest absolute Gasteiger partial charge is 0.276 e. The van der Waals surface area contributed by atoms with Crippen LogP contribution in [0.25, 0.3) is 0 Å². The van der Waals surface area contributed by atoms with Crippen molar-refractivity contribution < 1.29 is 9.72 Å². The Morgan fingerprint density at radius 2 is 2.10 bits per heavy atom. The lowest BCUT2D eigenvalue weighted by Gasteiger charge is -2.09. The Kier molecular flexibility index (Phi) is 6.39. The van der Waals surface area contributed by atoms with Crippen LogP contribution in [0.5, 0.6) is 0 Å². The first kappa shape index (κ1) is 16.4.